The van der Waals surface area contributed by atoms with E-state index in [1.165, 1.54) is 30.0 Å². The summed E-state index contributed by atoms with van der Waals surface area (Å²) in [6, 6.07) is 4.15. The van der Waals surface area contributed by atoms with Crippen LogP contribution in [0.2, 0.25) is 0 Å². The fourth-order valence-corrected chi connectivity index (χ4v) is 2.28. The van der Waals surface area contributed by atoms with Crippen LogP contribution in [0.1, 0.15) is 0 Å². The van der Waals surface area contributed by atoms with Gasteiger partial charge < -0.3 is 15.8 Å². The Morgan fingerprint density at radius 2 is 2.19 bits per heavy atom. The van der Waals surface area contributed by atoms with Gasteiger partial charge >= 0.3 is 6.36 Å². The molecule has 0 radical (unpaired) electrons. The summed E-state index contributed by atoms with van der Waals surface area (Å²) >= 11 is 1.40. The van der Waals surface area contributed by atoms with Gasteiger partial charge in [-0.25, -0.2) is 0 Å². The number of benzene rings is 1. The number of ether oxygens (including phenoxy) is 1. The second-order valence-electron chi connectivity index (χ2n) is 3.27. The molecule has 1 unspecified atom stereocenters. The van der Waals surface area contributed by atoms with E-state index in [2.05, 4.69) is 10.1 Å². The highest BCUT2D eigenvalue weighted by Crippen LogP contribution is 2.36. The van der Waals surface area contributed by atoms with E-state index in [4.69, 9.17) is 5.73 Å². The number of hydrogen-bond acceptors (Lipinski definition) is 4. The van der Waals surface area contributed by atoms with Crippen molar-refractivity contribution >= 4 is 17.4 Å². The third-order valence-corrected chi connectivity index (χ3v) is 3.12. The van der Waals surface area contributed by atoms with Gasteiger partial charge in [-0.1, -0.05) is 0 Å². The monoisotopic (exact) mass is 250 g/mol. The second kappa shape index (κ2) is 4.06. The van der Waals surface area contributed by atoms with Crippen molar-refractivity contribution in [1.29, 1.82) is 0 Å². The Kier molecular flexibility index (Phi) is 2.90. The summed E-state index contributed by atoms with van der Waals surface area (Å²) in [6.07, 6.45) is -4.83. The van der Waals surface area contributed by atoms with Gasteiger partial charge in [0.05, 0.1) is 6.17 Å². The summed E-state index contributed by atoms with van der Waals surface area (Å²) in [5.41, 5.74) is 6.38. The lowest BCUT2D eigenvalue weighted by molar-refractivity contribution is -0.274. The Morgan fingerprint density at radius 1 is 1.44 bits per heavy atom. The van der Waals surface area contributed by atoms with Gasteiger partial charge in [0.2, 0.25) is 0 Å². The van der Waals surface area contributed by atoms with Gasteiger partial charge in [-0.15, -0.1) is 24.9 Å². The molecule has 88 valence electrons. The molecule has 2 rings (SSSR count). The molecule has 1 aliphatic rings. The average molecular weight is 250 g/mol. The maximum atomic E-state index is 12.0. The first-order valence-electron chi connectivity index (χ1n) is 4.49. The molecule has 1 aromatic carbocycles. The van der Waals surface area contributed by atoms with E-state index in [-0.39, 0.29) is 11.9 Å². The summed E-state index contributed by atoms with van der Waals surface area (Å²) in [5.74, 6) is 0.402. The second-order valence-corrected chi connectivity index (χ2v) is 4.33. The summed E-state index contributed by atoms with van der Waals surface area (Å²) in [5, 5.41) is 2.97. The average Bonchev–Trinajstić information content (AvgIpc) is 2.16. The number of fused-ring (bicyclic) bond motifs is 1. The molecule has 16 heavy (non-hydrogen) atoms. The van der Waals surface area contributed by atoms with Crippen LogP contribution in [0, 0.1) is 0 Å². The van der Waals surface area contributed by atoms with Gasteiger partial charge in [0, 0.05) is 16.3 Å². The number of hydrogen-bond donors (Lipinski definition) is 2. The lowest BCUT2D eigenvalue weighted by Crippen LogP contribution is -2.34. The minimum atomic E-state index is -4.66. The number of thioether (sulfide) groups is 1. The van der Waals surface area contributed by atoms with Crippen molar-refractivity contribution in [3.05, 3.63) is 18.2 Å². The lowest BCUT2D eigenvalue weighted by Gasteiger charge is -2.23. The first kappa shape index (κ1) is 11.4. The van der Waals surface area contributed by atoms with Gasteiger partial charge in [0.15, 0.2) is 0 Å². The van der Waals surface area contributed by atoms with E-state index in [1.807, 2.05) is 0 Å². The molecule has 1 heterocycles. The zero-order valence-corrected chi connectivity index (χ0v) is 8.86. The third kappa shape index (κ3) is 2.73. The highest BCUT2D eigenvalue weighted by Gasteiger charge is 2.31. The molecule has 0 aliphatic carbocycles. The van der Waals surface area contributed by atoms with Gasteiger partial charge in [0.25, 0.3) is 0 Å². The number of nitrogens with one attached hydrogen (secondary N) is 1. The van der Waals surface area contributed by atoms with Crippen LogP contribution in [0.4, 0.5) is 18.9 Å². The summed E-state index contributed by atoms with van der Waals surface area (Å²) in [6.45, 7) is 0. The predicted molar refractivity (Wildman–Crippen MR) is 55.4 cm³/mol. The third-order valence-electron chi connectivity index (χ3n) is 1.95. The fourth-order valence-electron chi connectivity index (χ4n) is 1.36. The van der Waals surface area contributed by atoms with Crippen molar-refractivity contribution in [3.63, 3.8) is 0 Å². The largest absolute Gasteiger partial charge is 0.573 e. The smallest absolute Gasteiger partial charge is 0.406 e. The molecule has 3 N–H and O–H groups in total. The maximum absolute atomic E-state index is 12.0. The number of anilines is 1. The minimum absolute atomic E-state index is 0.174. The Balaban J connectivity index is 2.20. The Labute approximate surface area is 94.1 Å². The van der Waals surface area contributed by atoms with Gasteiger partial charge in [0.1, 0.15) is 5.75 Å². The standard InChI is InChI=1S/C9H9F3N2OS/c10-9(11,12)15-5-1-2-6-7(3-5)16-4-8(13)14-6/h1-3,8,14H,4,13H2. The molecule has 0 bridgehead atoms. The van der Waals surface area contributed by atoms with Crippen molar-refractivity contribution in [2.75, 3.05) is 11.1 Å². The van der Waals surface area contributed by atoms with Crippen LogP contribution in [-0.4, -0.2) is 18.3 Å². The molecule has 7 heteroatoms. The van der Waals surface area contributed by atoms with E-state index in [1.54, 1.807) is 0 Å². The van der Waals surface area contributed by atoms with Gasteiger partial charge in [-0.3, -0.25) is 0 Å². The van der Waals surface area contributed by atoms with Crippen LogP contribution in [0.3, 0.4) is 0 Å². The fraction of sp³-hybridized carbons (Fsp3) is 0.333. The van der Waals surface area contributed by atoms with Crippen LogP contribution >= 0.6 is 11.8 Å². The molecule has 0 saturated carbocycles. The van der Waals surface area contributed by atoms with E-state index < -0.39 is 6.36 Å². The molecule has 0 spiro atoms. The molecule has 1 aliphatic heterocycles. The number of nitrogens with two attached hydrogens (primary N) is 1. The predicted octanol–water partition coefficient (Wildman–Crippen LogP) is 2.39. The first-order valence-corrected chi connectivity index (χ1v) is 5.47. The first-order chi connectivity index (χ1) is 7.44. The molecular weight excluding hydrogens is 241 g/mol. The van der Waals surface area contributed by atoms with E-state index in [0.717, 1.165) is 5.69 Å². The number of halogens is 3. The lowest BCUT2D eigenvalue weighted by atomic mass is 10.3. The van der Waals surface area contributed by atoms with Crippen molar-refractivity contribution in [1.82, 2.24) is 0 Å². The summed E-state index contributed by atoms with van der Waals surface area (Å²) in [4.78, 5) is 0.712. The molecule has 0 amide bonds. The molecule has 1 aromatic rings. The molecule has 3 nitrogen and oxygen atoms in total. The SMILES string of the molecule is NC1CSc2cc(OC(F)(F)F)ccc2N1. The highest BCUT2D eigenvalue weighted by molar-refractivity contribution is 7.99. The van der Waals surface area contributed by atoms with Crippen LogP contribution < -0.4 is 15.8 Å². The van der Waals surface area contributed by atoms with E-state index in [9.17, 15) is 13.2 Å². The van der Waals surface area contributed by atoms with Crippen molar-refractivity contribution in [2.45, 2.75) is 17.4 Å². The van der Waals surface area contributed by atoms with Gasteiger partial charge in [-0.05, 0) is 18.2 Å². The summed E-state index contributed by atoms with van der Waals surface area (Å²) < 4.78 is 39.7. The van der Waals surface area contributed by atoms with Crippen molar-refractivity contribution < 1.29 is 17.9 Å². The van der Waals surface area contributed by atoms with Gasteiger partial charge in [-0.2, -0.15) is 0 Å². The maximum Gasteiger partial charge on any atom is 0.573 e. The summed E-state index contributed by atoms with van der Waals surface area (Å²) in [7, 11) is 0. The Hall–Kier alpha value is -1.08. The zero-order valence-electron chi connectivity index (χ0n) is 8.04. The van der Waals surface area contributed by atoms with Crippen LogP contribution in [-0.2, 0) is 0 Å². The van der Waals surface area contributed by atoms with Crippen LogP contribution in [0.5, 0.6) is 5.75 Å². The normalized spacial score (nSPS) is 19.9. The van der Waals surface area contributed by atoms with Crippen molar-refractivity contribution in [3.8, 4) is 5.75 Å². The minimum Gasteiger partial charge on any atom is -0.406 e. The topological polar surface area (TPSA) is 47.3 Å². The molecule has 0 aromatic heterocycles. The zero-order chi connectivity index (χ0) is 11.8. The molecule has 0 saturated heterocycles. The van der Waals surface area contributed by atoms with Crippen LogP contribution in [0.15, 0.2) is 23.1 Å². The Morgan fingerprint density at radius 3 is 2.88 bits per heavy atom. The molecule has 1 atom stereocenters. The Bertz CT molecular complexity index is 397. The number of alkyl halides is 3. The molecular formula is C9H9F3N2OS. The quantitative estimate of drug-likeness (QED) is 0.803. The number of rotatable bonds is 1. The van der Waals surface area contributed by atoms with E-state index >= 15 is 0 Å². The highest BCUT2D eigenvalue weighted by atomic mass is 32.2. The van der Waals surface area contributed by atoms with Crippen molar-refractivity contribution in [2.24, 2.45) is 5.73 Å². The molecule has 0 fully saturated rings. The van der Waals surface area contributed by atoms with Crippen LogP contribution in [0.25, 0.3) is 0 Å². The van der Waals surface area contributed by atoms with E-state index in [0.29, 0.717) is 10.6 Å².